The highest BCUT2D eigenvalue weighted by Gasteiger charge is 2.25. The molecule has 0 spiro atoms. The second-order valence-electron chi connectivity index (χ2n) is 5.43. The van der Waals surface area contributed by atoms with Crippen molar-refractivity contribution in [3.63, 3.8) is 0 Å². The van der Waals surface area contributed by atoms with Crippen LogP contribution in [-0.4, -0.2) is 45.0 Å². The Labute approximate surface area is 167 Å². The number of rotatable bonds is 7. The Balaban J connectivity index is 2.20. The van der Waals surface area contributed by atoms with Crippen molar-refractivity contribution in [2.45, 2.75) is 25.9 Å². The van der Waals surface area contributed by atoms with E-state index < -0.39 is 23.3 Å². The van der Waals surface area contributed by atoms with Crippen molar-refractivity contribution < 1.29 is 19.1 Å². The molecule has 0 aromatic carbocycles. The Hall–Kier alpha value is -2.93. The first-order chi connectivity index (χ1) is 13.2. The monoisotopic (exact) mass is 426 g/mol. The summed E-state index contributed by atoms with van der Waals surface area (Å²) in [4.78, 5) is 47.9. The third kappa shape index (κ3) is 4.48. The van der Waals surface area contributed by atoms with Crippen molar-refractivity contribution in [1.82, 2.24) is 14.9 Å². The number of nitrogens with zero attached hydrogens (tertiary/aromatic N) is 3. The van der Waals surface area contributed by atoms with Crippen LogP contribution in [0.1, 0.15) is 38.2 Å². The second-order valence-corrected chi connectivity index (χ2v) is 7.39. The van der Waals surface area contributed by atoms with E-state index in [0.717, 1.165) is 27.8 Å². The summed E-state index contributed by atoms with van der Waals surface area (Å²) in [7, 11) is 0. The summed E-state index contributed by atoms with van der Waals surface area (Å²) in [6, 6.07) is 0. The second kappa shape index (κ2) is 8.84. The lowest BCUT2D eigenvalue weighted by Gasteiger charge is -2.08. The number of hydrogen-bond acceptors (Lipinski definition) is 10. The molecule has 0 unspecified atom stereocenters. The van der Waals surface area contributed by atoms with Crippen molar-refractivity contribution >= 4 is 45.9 Å². The van der Waals surface area contributed by atoms with Gasteiger partial charge in [0, 0.05) is 0 Å². The zero-order valence-corrected chi connectivity index (χ0v) is 16.9. The Morgan fingerprint density at radius 3 is 2.57 bits per heavy atom. The number of thioether (sulfide) groups is 1. The molecule has 0 radical (unpaired) electrons. The number of aryl methyl sites for hydroxylation is 1. The Morgan fingerprint density at radius 1 is 1.29 bits per heavy atom. The van der Waals surface area contributed by atoms with Crippen LogP contribution < -0.4 is 22.5 Å². The molecule has 0 aliphatic carbocycles. The summed E-state index contributed by atoms with van der Waals surface area (Å²) in [5, 5.41) is 10.2. The van der Waals surface area contributed by atoms with Crippen LogP contribution in [0.4, 0.5) is 5.00 Å². The van der Waals surface area contributed by atoms with Crippen molar-refractivity contribution in [2.24, 2.45) is 5.73 Å². The molecular weight excluding hydrogens is 408 g/mol. The van der Waals surface area contributed by atoms with E-state index in [2.05, 4.69) is 15.5 Å². The number of amides is 2. The zero-order valence-electron chi connectivity index (χ0n) is 15.3. The number of thiophene rings is 1. The van der Waals surface area contributed by atoms with E-state index in [9.17, 15) is 19.2 Å². The fraction of sp³-hybridized carbons (Fsp3) is 0.333. The third-order valence-corrected chi connectivity index (χ3v) is 5.62. The molecule has 2 rings (SSSR count). The smallest absolute Gasteiger partial charge is 0.341 e. The van der Waals surface area contributed by atoms with Gasteiger partial charge >= 0.3 is 5.97 Å². The maximum absolute atomic E-state index is 12.3. The van der Waals surface area contributed by atoms with E-state index in [1.165, 1.54) is 6.92 Å². The summed E-state index contributed by atoms with van der Waals surface area (Å²) in [6.45, 7) is 4.77. The van der Waals surface area contributed by atoms with Gasteiger partial charge in [-0.2, -0.15) is 4.68 Å². The average Bonchev–Trinajstić information content (AvgIpc) is 2.95. The van der Waals surface area contributed by atoms with Crippen LogP contribution in [0.15, 0.2) is 9.95 Å². The lowest BCUT2D eigenvalue weighted by molar-refractivity contribution is -0.113. The van der Waals surface area contributed by atoms with Gasteiger partial charge in [0.1, 0.15) is 10.7 Å². The van der Waals surface area contributed by atoms with E-state index in [1.807, 2.05) is 0 Å². The molecule has 2 aromatic rings. The van der Waals surface area contributed by atoms with Crippen LogP contribution in [0.5, 0.6) is 0 Å². The molecule has 0 atom stereocenters. The molecular formula is C15H18N6O5S2. The number of ether oxygens (including phenoxy) is 1. The molecule has 0 aliphatic rings. The Bertz CT molecular complexity index is 1000. The van der Waals surface area contributed by atoms with Gasteiger partial charge in [-0.3, -0.25) is 14.4 Å². The summed E-state index contributed by atoms with van der Waals surface area (Å²) in [5.74, 6) is 3.54. The number of nitrogen functional groups attached to an aromatic ring is 1. The van der Waals surface area contributed by atoms with Crippen molar-refractivity contribution in [3.8, 4) is 0 Å². The Morgan fingerprint density at radius 2 is 1.96 bits per heavy atom. The van der Waals surface area contributed by atoms with E-state index in [0.29, 0.717) is 5.56 Å². The van der Waals surface area contributed by atoms with E-state index in [1.54, 1.807) is 13.8 Å². The SMILES string of the molecule is CCOC(=O)c1c(NC(=O)CSc2nnc(C)c(=O)n2N)sc(C(N)=O)c1C. The molecule has 0 fully saturated rings. The van der Waals surface area contributed by atoms with E-state index >= 15 is 0 Å². The topological polar surface area (TPSA) is 172 Å². The van der Waals surface area contributed by atoms with Gasteiger partial charge in [-0.1, -0.05) is 11.8 Å². The average molecular weight is 426 g/mol. The van der Waals surface area contributed by atoms with Gasteiger partial charge in [-0.05, 0) is 26.3 Å². The van der Waals surface area contributed by atoms with Crippen LogP contribution in [0.3, 0.4) is 0 Å². The maximum Gasteiger partial charge on any atom is 0.341 e. The number of carbonyl (C=O) groups excluding carboxylic acids is 3. The summed E-state index contributed by atoms with van der Waals surface area (Å²) in [6.07, 6.45) is 0. The number of primary amides is 1. The molecule has 13 heteroatoms. The molecule has 11 nitrogen and oxygen atoms in total. The summed E-state index contributed by atoms with van der Waals surface area (Å²) < 4.78 is 5.78. The molecule has 0 bridgehead atoms. The first-order valence-electron chi connectivity index (χ1n) is 7.91. The third-order valence-electron chi connectivity index (χ3n) is 3.46. The predicted octanol–water partition coefficient (Wildman–Crippen LogP) is 0.0368. The van der Waals surface area contributed by atoms with Crippen molar-refractivity contribution in [2.75, 3.05) is 23.5 Å². The first kappa shape index (κ1) is 21.4. The van der Waals surface area contributed by atoms with Crippen molar-refractivity contribution in [3.05, 3.63) is 32.1 Å². The van der Waals surface area contributed by atoms with Crippen LogP contribution in [0, 0.1) is 13.8 Å². The first-order valence-corrected chi connectivity index (χ1v) is 9.71. The Kier molecular flexibility index (Phi) is 6.75. The number of aromatic nitrogens is 3. The molecule has 2 heterocycles. The minimum Gasteiger partial charge on any atom is -0.462 e. The molecule has 2 amide bonds. The summed E-state index contributed by atoms with van der Waals surface area (Å²) in [5.41, 5.74) is 5.33. The highest BCUT2D eigenvalue weighted by atomic mass is 32.2. The van der Waals surface area contributed by atoms with Gasteiger partial charge < -0.3 is 21.6 Å². The number of anilines is 1. The largest absolute Gasteiger partial charge is 0.462 e. The van der Waals surface area contributed by atoms with Gasteiger partial charge in [-0.25, -0.2) is 4.79 Å². The van der Waals surface area contributed by atoms with Gasteiger partial charge in [0.2, 0.25) is 11.1 Å². The number of nitrogens with one attached hydrogen (secondary N) is 1. The van der Waals surface area contributed by atoms with Crippen LogP contribution in [0.25, 0.3) is 0 Å². The quantitative estimate of drug-likeness (QED) is 0.314. The minimum absolute atomic E-state index is 0.0524. The number of nitrogens with two attached hydrogens (primary N) is 2. The molecule has 0 saturated heterocycles. The van der Waals surface area contributed by atoms with Gasteiger partial charge in [0.15, 0.2) is 0 Å². The van der Waals surface area contributed by atoms with Crippen LogP contribution >= 0.6 is 23.1 Å². The maximum atomic E-state index is 12.3. The molecule has 2 aromatic heterocycles. The highest BCUT2D eigenvalue weighted by Crippen LogP contribution is 2.33. The number of esters is 1. The standard InChI is InChI=1S/C15H18N6O5S2/c1-4-26-14(25)9-6(2)10(11(16)23)28-12(9)18-8(22)5-27-15-20-19-7(3)13(24)21(15)17/h4-5,17H2,1-3H3,(H2,16,23)(H,18,22). The van der Waals surface area contributed by atoms with Crippen LogP contribution in [0.2, 0.25) is 0 Å². The normalized spacial score (nSPS) is 10.5. The number of carbonyl (C=O) groups is 3. The van der Waals surface area contributed by atoms with Gasteiger partial charge in [0.25, 0.3) is 11.5 Å². The lowest BCUT2D eigenvalue weighted by Crippen LogP contribution is -2.32. The molecule has 150 valence electrons. The van der Waals surface area contributed by atoms with Gasteiger partial charge in [-0.15, -0.1) is 21.5 Å². The van der Waals surface area contributed by atoms with Gasteiger partial charge in [0.05, 0.1) is 22.8 Å². The predicted molar refractivity (Wildman–Crippen MR) is 104 cm³/mol. The fourth-order valence-corrected chi connectivity index (χ4v) is 3.86. The highest BCUT2D eigenvalue weighted by molar-refractivity contribution is 7.99. The minimum atomic E-state index is -0.718. The van der Waals surface area contributed by atoms with Crippen LogP contribution in [-0.2, 0) is 9.53 Å². The van der Waals surface area contributed by atoms with E-state index in [4.69, 9.17) is 16.3 Å². The molecule has 28 heavy (non-hydrogen) atoms. The van der Waals surface area contributed by atoms with Crippen molar-refractivity contribution in [1.29, 1.82) is 0 Å². The lowest BCUT2D eigenvalue weighted by atomic mass is 10.1. The fourth-order valence-electron chi connectivity index (χ4n) is 2.15. The molecule has 5 N–H and O–H groups in total. The number of hydrogen-bond donors (Lipinski definition) is 3. The summed E-state index contributed by atoms with van der Waals surface area (Å²) >= 11 is 1.77. The zero-order chi connectivity index (χ0) is 21.0. The molecule has 0 aliphatic heterocycles. The molecule has 0 saturated carbocycles. The van der Waals surface area contributed by atoms with E-state index in [-0.39, 0.29) is 38.7 Å².